The standard InChI is InChI=1S/C26H40N2O2S/c1-3-4-5-6-7-8-9-10-11-12-13-14-15-16-17-18-21-31(29,30)25-19-20-26(28-2)24(22-25)23-27/h19-20,22H,3-18,21H2,1H3. The van der Waals surface area contributed by atoms with E-state index < -0.39 is 9.84 Å². The average Bonchev–Trinajstić information content (AvgIpc) is 2.78. The molecule has 1 aromatic carbocycles. The molecule has 0 radical (unpaired) electrons. The predicted molar refractivity (Wildman–Crippen MR) is 129 cm³/mol. The highest BCUT2D eigenvalue weighted by molar-refractivity contribution is 7.91. The van der Waals surface area contributed by atoms with Crippen LogP contribution in [0.5, 0.6) is 0 Å². The zero-order chi connectivity index (χ0) is 22.8. The summed E-state index contributed by atoms with van der Waals surface area (Å²) in [5.74, 6) is 0.105. The summed E-state index contributed by atoms with van der Waals surface area (Å²) in [7, 11) is -3.39. The molecular formula is C26H40N2O2S. The van der Waals surface area contributed by atoms with Gasteiger partial charge in [0.15, 0.2) is 9.84 Å². The second-order valence-corrected chi connectivity index (χ2v) is 10.6. The molecule has 5 heteroatoms. The van der Waals surface area contributed by atoms with Gasteiger partial charge in [0.05, 0.1) is 28.9 Å². The number of hydrogen-bond acceptors (Lipinski definition) is 3. The van der Waals surface area contributed by atoms with Crippen LogP contribution >= 0.6 is 0 Å². The first kappa shape index (κ1) is 27.2. The molecule has 0 aliphatic rings. The summed E-state index contributed by atoms with van der Waals surface area (Å²) in [6, 6.07) is 6.10. The minimum atomic E-state index is -3.39. The summed E-state index contributed by atoms with van der Waals surface area (Å²) in [5.41, 5.74) is 0.326. The molecule has 0 saturated carbocycles. The Kier molecular flexibility index (Phi) is 14.7. The molecule has 0 N–H and O–H groups in total. The van der Waals surface area contributed by atoms with Gasteiger partial charge in [-0.25, -0.2) is 13.3 Å². The molecule has 1 aromatic rings. The monoisotopic (exact) mass is 444 g/mol. The van der Waals surface area contributed by atoms with Gasteiger partial charge in [-0.3, -0.25) is 0 Å². The highest BCUT2D eigenvalue weighted by atomic mass is 32.2. The first-order chi connectivity index (χ1) is 15.0. The highest BCUT2D eigenvalue weighted by Crippen LogP contribution is 2.23. The van der Waals surface area contributed by atoms with Gasteiger partial charge in [-0.1, -0.05) is 115 Å². The van der Waals surface area contributed by atoms with Crippen molar-refractivity contribution in [1.29, 1.82) is 5.26 Å². The van der Waals surface area contributed by atoms with Crippen LogP contribution in [0.1, 0.15) is 115 Å². The lowest BCUT2D eigenvalue weighted by Crippen LogP contribution is -2.07. The Morgan fingerprint density at radius 1 is 0.806 bits per heavy atom. The Balaban J connectivity index is 2.04. The number of unbranched alkanes of at least 4 members (excludes halogenated alkanes) is 15. The van der Waals surface area contributed by atoms with Gasteiger partial charge in [-0.2, -0.15) is 5.26 Å². The first-order valence-electron chi connectivity index (χ1n) is 12.2. The number of benzene rings is 1. The van der Waals surface area contributed by atoms with E-state index in [9.17, 15) is 8.42 Å². The van der Waals surface area contributed by atoms with Crippen LogP contribution in [0.2, 0.25) is 0 Å². The molecule has 31 heavy (non-hydrogen) atoms. The number of sulfone groups is 1. The van der Waals surface area contributed by atoms with Crippen LogP contribution in [-0.4, -0.2) is 14.2 Å². The Labute approximate surface area is 190 Å². The maximum absolute atomic E-state index is 12.5. The van der Waals surface area contributed by atoms with Gasteiger partial charge in [0.25, 0.3) is 0 Å². The van der Waals surface area contributed by atoms with Crippen molar-refractivity contribution in [3.63, 3.8) is 0 Å². The van der Waals surface area contributed by atoms with E-state index in [4.69, 9.17) is 11.8 Å². The minimum absolute atomic E-state index is 0.105. The summed E-state index contributed by atoms with van der Waals surface area (Å²) in [5, 5.41) is 9.08. The van der Waals surface area contributed by atoms with Gasteiger partial charge >= 0.3 is 0 Å². The van der Waals surface area contributed by atoms with Gasteiger partial charge in [-0.15, -0.1) is 0 Å². The Morgan fingerprint density at radius 2 is 1.26 bits per heavy atom. The molecule has 0 atom stereocenters. The quantitative estimate of drug-likeness (QED) is 0.169. The molecule has 0 amide bonds. The molecule has 172 valence electrons. The SMILES string of the molecule is [C-]#[N+]c1ccc(S(=O)(=O)CCCCCCCCCCCCCCCCCC)cc1C#N. The van der Waals surface area contributed by atoms with Gasteiger partial charge in [0.2, 0.25) is 5.69 Å². The summed E-state index contributed by atoms with van der Waals surface area (Å²) in [4.78, 5) is 3.40. The van der Waals surface area contributed by atoms with Gasteiger partial charge in [0, 0.05) is 0 Å². The maximum Gasteiger partial charge on any atom is 0.204 e. The molecule has 4 nitrogen and oxygen atoms in total. The zero-order valence-electron chi connectivity index (χ0n) is 19.4. The first-order valence-corrected chi connectivity index (χ1v) is 13.8. The van der Waals surface area contributed by atoms with Crippen molar-refractivity contribution >= 4 is 15.5 Å². The zero-order valence-corrected chi connectivity index (χ0v) is 20.2. The second kappa shape index (κ2) is 16.8. The summed E-state index contributed by atoms with van der Waals surface area (Å²) in [6.45, 7) is 9.28. The molecule has 0 bridgehead atoms. The van der Waals surface area contributed by atoms with Crippen molar-refractivity contribution in [2.24, 2.45) is 0 Å². The Hall–Kier alpha value is -1.85. The second-order valence-electron chi connectivity index (χ2n) is 8.52. The van der Waals surface area contributed by atoms with Crippen LogP contribution in [-0.2, 0) is 9.84 Å². The van der Waals surface area contributed by atoms with E-state index in [1.54, 1.807) is 0 Å². The van der Waals surface area contributed by atoms with Crippen LogP contribution in [0.4, 0.5) is 5.69 Å². The molecule has 0 heterocycles. The topological polar surface area (TPSA) is 62.3 Å². The molecule has 0 aliphatic carbocycles. The molecule has 0 aliphatic heterocycles. The molecule has 1 rings (SSSR count). The van der Waals surface area contributed by atoms with E-state index in [-0.39, 0.29) is 21.9 Å². The van der Waals surface area contributed by atoms with Crippen LogP contribution in [0.15, 0.2) is 23.1 Å². The van der Waals surface area contributed by atoms with Crippen molar-refractivity contribution in [2.45, 2.75) is 115 Å². The van der Waals surface area contributed by atoms with E-state index in [0.717, 1.165) is 12.8 Å². The van der Waals surface area contributed by atoms with Crippen molar-refractivity contribution in [3.8, 4) is 6.07 Å². The number of hydrogen-bond donors (Lipinski definition) is 0. The lowest BCUT2D eigenvalue weighted by molar-refractivity contribution is 0.531. The summed E-state index contributed by atoms with van der Waals surface area (Å²) in [6.07, 6.45) is 20.1. The molecule has 0 saturated heterocycles. The fourth-order valence-electron chi connectivity index (χ4n) is 3.85. The van der Waals surface area contributed by atoms with Crippen molar-refractivity contribution in [1.82, 2.24) is 0 Å². The van der Waals surface area contributed by atoms with Crippen LogP contribution < -0.4 is 0 Å². The summed E-state index contributed by atoms with van der Waals surface area (Å²) < 4.78 is 24.9. The van der Waals surface area contributed by atoms with E-state index >= 15 is 0 Å². The predicted octanol–water partition coefficient (Wildman–Crippen LogP) is 8.14. The lowest BCUT2D eigenvalue weighted by Gasteiger charge is -2.06. The van der Waals surface area contributed by atoms with E-state index in [1.807, 2.05) is 6.07 Å². The highest BCUT2D eigenvalue weighted by Gasteiger charge is 2.16. The lowest BCUT2D eigenvalue weighted by atomic mass is 10.0. The number of rotatable bonds is 18. The number of nitriles is 1. The average molecular weight is 445 g/mol. The van der Waals surface area contributed by atoms with Gasteiger partial charge < -0.3 is 0 Å². The van der Waals surface area contributed by atoms with E-state index in [2.05, 4.69) is 11.8 Å². The third-order valence-electron chi connectivity index (χ3n) is 5.83. The normalized spacial score (nSPS) is 11.2. The largest absolute Gasteiger partial charge is 0.237 e. The van der Waals surface area contributed by atoms with Crippen molar-refractivity contribution in [3.05, 3.63) is 35.2 Å². The Bertz CT molecular complexity index is 804. The molecule has 0 fully saturated rings. The van der Waals surface area contributed by atoms with Crippen molar-refractivity contribution < 1.29 is 8.42 Å². The van der Waals surface area contributed by atoms with Gasteiger partial charge in [-0.05, 0) is 12.5 Å². The maximum atomic E-state index is 12.5. The number of nitrogens with zero attached hydrogens (tertiary/aromatic N) is 2. The molecule has 0 spiro atoms. The molecule has 0 aromatic heterocycles. The fourth-order valence-corrected chi connectivity index (χ4v) is 5.25. The van der Waals surface area contributed by atoms with E-state index in [0.29, 0.717) is 6.42 Å². The van der Waals surface area contributed by atoms with Gasteiger partial charge in [0.1, 0.15) is 0 Å². The minimum Gasteiger partial charge on any atom is -0.237 e. The molecule has 0 unspecified atom stereocenters. The Morgan fingerprint density at radius 3 is 1.68 bits per heavy atom. The van der Waals surface area contributed by atoms with Crippen LogP contribution in [0.3, 0.4) is 0 Å². The fraction of sp³-hybridized carbons (Fsp3) is 0.692. The van der Waals surface area contributed by atoms with Crippen LogP contribution in [0, 0.1) is 17.9 Å². The third-order valence-corrected chi connectivity index (χ3v) is 7.63. The molecular weight excluding hydrogens is 404 g/mol. The summed E-state index contributed by atoms with van der Waals surface area (Å²) >= 11 is 0. The van der Waals surface area contributed by atoms with Crippen molar-refractivity contribution in [2.75, 3.05) is 5.75 Å². The smallest absolute Gasteiger partial charge is 0.204 e. The van der Waals surface area contributed by atoms with E-state index in [1.165, 1.54) is 102 Å². The van der Waals surface area contributed by atoms with Crippen LogP contribution in [0.25, 0.3) is 4.85 Å². The third kappa shape index (κ3) is 11.9.